The van der Waals surface area contributed by atoms with E-state index in [4.69, 9.17) is 4.74 Å². The van der Waals surface area contributed by atoms with Crippen molar-refractivity contribution in [2.45, 2.75) is 51.5 Å². The van der Waals surface area contributed by atoms with Crippen molar-refractivity contribution in [3.8, 4) is 5.75 Å². The molecule has 8 heteroatoms. The normalized spacial score (nSPS) is 18.2. The fourth-order valence-corrected chi connectivity index (χ4v) is 6.96. The Labute approximate surface area is 266 Å². The topological polar surface area (TPSA) is 83.0 Å². The van der Waals surface area contributed by atoms with Crippen LogP contribution in [0.5, 0.6) is 5.75 Å². The van der Waals surface area contributed by atoms with E-state index in [2.05, 4.69) is 39.0 Å². The first-order valence-corrected chi connectivity index (χ1v) is 16.5. The highest BCUT2D eigenvalue weighted by molar-refractivity contribution is 5.99. The molecule has 0 aliphatic carbocycles. The van der Waals surface area contributed by atoms with E-state index < -0.39 is 0 Å². The molecule has 3 aliphatic rings. The number of amides is 1. The van der Waals surface area contributed by atoms with E-state index >= 15 is 0 Å². The number of ketones is 2. The number of benzene rings is 2. The molecular formula is C37H44N4O4. The number of hydrogen-bond acceptors (Lipinski definition) is 7. The van der Waals surface area contributed by atoms with Gasteiger partial charge < -0.3 is 14.5 Å². The molecule has 45 heavy (non-hydrogen) atoms. The smallest absolute Gasteiger partial charge is 0.272 e. The van der Waals surface area contributed by atoms with E-state index in [1.165, 1.54) is 24.1 Å². The molecule has 0 spiro atoms. The van der Waals surface area contributed by atoms with Crippen LogP contribution in [-0.2, 0) is 6.54 Å². The molecule has 3 saturated heterocycles. The Morgan fingerprint density at radius 3 is 2.07 bits per heavy atom. The maximum atomic E-state index is 13.2. The standard InChI is InChI=1S/C37H44N4O4/c1-45-33-11-4-28(5-12-33)26-39-20-14-27(15-21-39)24-35(42)31-8-13-34(38-25-31)37(44)41-22-16-30(17-23-41)36(43)29-6-9-32(10-7-29)40-18-2-3-19-40/h4-13,25,27,30H,2-3,14-24,26H2,1H3. The van der Waals surface area contributed by atoms with E-state index in [1.807, 2.05) is 24.3 Å². The van der Waals surface area contributed by atoms with Gasteiger partial charge >= 0.3 is 0 Å². The summed E-state index contributed by atoms with van der Waals surface area (Å²) in [6.45, 7) is 6.08. The van der Waals surface area contributed by atoms with Crippen LogP contribution in [0.15, 0.2) is 66.9 Å². The fraction of sp³-hybridized carbons (Fsp3) is 0.459. The third-order valence-corrected chi connectivity index (χ3v) is 9.83. The van der Waals surface area contributed by atoms with Gasteiger partial charge in [0.25, 0.3) is 5.91 Å². The van der Waals surface area contributed by atoms with Gasteiger partial charge in [-0.15, -0.1) is 0 Å². The number of carbonyl (C=O) groups is 3. The maximum absolute atomic E-state index is 13.2. The Hall–Kier alpha value is -4.04. The molecule has 0 unspecified atom stereocenters. The van der Waals surface area contributed by atoms with Crippen molar-refractivity contribution in [3.63, 3.8) is 0 Å². The fourth-order valence-electron chi connectivity index (χ4n) is 6.96. The molecule has 1 amide bonds. The summed E-state index contributed by atoms with van der Waals surface area (Å²) in [4.78, 5) is 50.4. The zero-order chi connectivity index (χ0) is 31.2. The van der Waals surface area contributed by atoms with Gasteiger partial charge in [-0.3, -0.25) is 24.3 Å². The number of carbonyl (C=O) groups excluding carboxylic acids is 3. The van der Waals surface area contributed by atoms with Gasteiger partial charge in [0.1, 0.15) is 11.4 Å². The van der Waals surface area contributed by atoms with E-state index in [0.29, 0.717) is 49.5 Å². The first-order valence-electron chi connectivity index (χ1n) is 16.5. The predicted octanol–water partition coefficient (Wildman–Crippen LogP) is 5.91. The summed E-state index contributed by atoms with van der Waals surface area (Å²) in [5, 5.41) is 0. The summed E-state index contributed by atoms with van der Waals surface area (Å²) in [6.07, 6.45) is 7.79. The van der Waals surface area contributed by atoms with Crippen LogP contribution in [0.3, 0.4) is 0 Å². The Balaban J connectivity index is 0.938. The van der Waals surface area contributed by atoms with Gasteiger partial charge in [-0.05, 0) is 112 Å². The molecule has 3 aliphatic heterocycles. The number of pyridine rings is 1. The summed E-state index contributed by atoms with van der Waals surface area (Å²) in [7, 11) is 1.68. The second-order valence-corrected chi connectivity index (χ2v) is 12.8. The van der Waals surface area contributed by atoms with Crippen molar-refractivity contribution in [1.29, 1.82) is 0 Å². The molecule has 6 rings (SSSR count). The summed E-state index contributed by atoms with van der Waals surface area (Å²) < 4.78 is 5.25. The molecule has 0 bridgehead atoms. The van der Waals surface area contributed by atoms with Crippen molar-refractivity contribution in [2.75, 3.05) is 51.3 Å². The van der Waals surface area contributed by atoms with Gasteiger partial charge in [0.15, 0.2) is 11.6 Å². The number of ether oxygens (including phenoxy) is 1. The maximum Gasteiger partial charge on any atom is 0.272 e. The van der Waals surface area contributed by atoms with Crippen LogP contribution < -0.4 is 9.64 Å². The van der Waals surface area contributed by atoms with Crippen molar-refractivity contribution in [1.82, 2.24) is 14.8 Å². The minimum absolute atomic E-state index is 0.0750. The highest BCUT2D eigenvalue weighted by Gasteiger charge is 2.29. The number of methoxy groups -OCH3 is 1. The Morgan fingerprint density at radius 2 is 1.44 bits per heavy atom. The molecule has 0 saturated carbocycles. The minimum atomic E-state index is -0.140. The van der Waals surface area contributed by atoms with Crippen LogP contribution in [0.25, 0.3) is 0 Å². The summed E-state index contributed by atoms with van der Waals surface area (Å²) >= 11 is 0. The number of piperidine rings is 2. The van der Waals surface area contributed by atoms with Crippen LogP contribution in [-0.4, -0.2) is 78.6 Å². The largest absolute Gasteiger partial charge is 0.497 e. The van der Waals surface area contributed by atoms with Crippen molar-refractivity contribution >= 4 is 23.2 Å². The van der Waals surface area contributed by atoms with E-state index in [0.717, 1.165) is 56.9 Å². The van der Waals surface area contributed by atoms with Gasteiger partial charge in [-0.25, -0.2) is 0 Å². The number of likely N-dealkylation sites (tertiary alicyclic amines) is 2. The number of anilines is 1. The lowest BCUT2D eigenvalue weighted by atomic mass is 9.88. The van der Waals surface area contributed by atoms with Gasteiger partial charge in [-0.1, -0.05) is 12.1 Å². The predicted molar refractivity (Wildman–Crippen MR) is 175 cm³/mol. The molecule has 0 N–H and O–H groups in total. The third kappa shape index (κ3) is 7.61. The minimum Gasteiger partial charge on any atom is -0.497 e. The van der Waals surface area contributed by atoms with Crippen LogP contribution >= 0.6 is 0 Å². The van der Waals surface area contributed by atoms with Gasteiger partial charge in [-0.2, -0.15) is 0 Å². The van der Waals surface area contributed by atoms with Gasteiger partial charge in [0.2, 0.25) is 0 Å². The monoisotopic (exact) mass is 608 g/mol. The lowest BCUT2D eigenvalue weighted by Gasteiger charge is -2.31. The van der Waals surface area contributed by atoms with Crippen LogP contribution in [0.4, 0.5) is 5.69 Å². The molecule has 2 aromatic carbocycles. The van der Waals surface area contributed by atoms with E-state index in [9.17, 15) is 14.4 Å². The molecule has 8 nitrogen and oxygen atoms in total. The Morgan fingerprint density at radius 1 is 0.778 bits per heavy atom. The second kappa shape index (κ2) is 14.4. The average Bonchev–Trinajstić information content (AvgIpc) is 3.64. The number of nitrogens with zero attached hydrogens (tertiary/aromatic N) is 4. The molecule has 0 radical (unpaired) electrons. The molecule has 1 aromatic heterocycles. The zero-order valence-electron chi connectivity index (χ0n) is 26.3. The first kappa shape index (κ1) is 31.0. The SMILES string of the molecule is COc1ccc(CN2CCC(CC(=O)c3ccc(C(=O)N4CCC(C(=O)c5ccc(N6CCCC6)cc5)CC4)nc3)CC2)cc1. The quantitative estimate of drug-likeness (QED) is 0.265. The van der Waals surface area contributed by atoms with E-state index in [-0.39, 0.29) is 23.4 Å². The second-order valence-electron chi connectivity index (χ2n) is 12.8. The van der Waals surface area contributed by atoms with Gasteiger partial charge in [0.05, 0.1) is 7.11 Å². The zero-order valence-corrected chi connectivity index (χ0v) is 26.3. The molecule has 236 valence electrons. The highest BCUT2D eigenvalue weighted by atomic mass is 16.5. The van der Waals surface area contributed by atoms with Crippen molar-refractivity contribution < 1.29 is 19.1 Å². The third-order valence-electron chi connectivity index (χ3n) is 9.83. The average molecular weight is 609 g/mol. The number of rotatable bonds is 10. The van der Waals surface area contributed by atoms with Crippen molar-refractivity contribution in [2.24, 2.45) is 11.8 Å². The first-order chi connectivity index (χ1) is 22.0. The van der Waals surface area contributed by atoms with Crippen molar-refractivity contribution in [3.05, 3.63) is 89.2 Å². The molecule has 4 heterocycles. The van der Waals surface area contributed by atoms with E-state index in [1.54, 1.807) is 30.3 Å². The van der Waals surface area contributed by atoms with Crippen LogP contribution in [0.2, 0.25) is 0 Å². The van der Waals surface area contributed by atoms with Gasteiger partial charge in [0, 0.05) is 68.1 Å². The van der Waals surface area contributed by atoms with Crippen LogP contribution in [0, 0.1) is 11.8 Å². The summed E-state index contributed by atoms with van der Waals surface area (Å²) in [5.41, 5.74) is 4.12. The molecule has 0 atom stereocenters. The number of hydrogen-bond donors (Lipinski definition) is 0. The number of aromatic nitrogens is 1. The number of Topliss-reactive ketones (excluding diaryl/α,β-unsaturated/α-hetero) is 2. The molecule has 3 aromatic rings. The highest BCUT2D eigenvalue weighted by Crippen LogP contribution is 2.27. The Kier molecular flexibility index (Phi) is 9.89. The molecule has 3 fully saturated rings. The summed E-state index contributed by atoms with van der Waals surface area (Å²) in [5.74, 6) is 1.26. The lowest BCUT2D eigenvalue weighted by molar-refractivity contribution is 0.0645. The molecular weight excluding hydrogens is 564 g/mol. The lowest BCUT2D eigenvalue weighted by Crippen LogP contribution is -2.40. The Bertz CT molecular complexity index is 1450. The van der Waals surface area contributed by atoms with Crippen LogP contribution in [0.1, 0.15) is 81.7 Å². The summed E-state index contributed by atoms with van der Waals surface area (Å²) in [6, 6.07) is 19.6.